The van der Waals surface area contributed by atoms with Crippen LogP contribution in [0.3, 0.4) is 0 Å². The summed E-state index contributed by atoms with van der Waals surface area (Å²) >= 11 is -0.826. The number of halogens is 2. The number of aromatic nitrogens is 3. The summed E-state index contributed by atoms with van der Waals surface area (Å²) in [7, 11) is 9.87. The Kier molecular flexibility index (Phi) is 7.34. The van der Waals surface area contributed by atoms with Crippen molar-refractivity contribution < 1.29 is 20.8 Å². The van der Waals surface area contributed by atoms with Crippen molar-refractivity contribution in [2.75, 3.05) is 0 Å². The van der Waals surface area contributed by atoms with Gasteiger partial charge in [-0.25, -0.2) is 12.2 Å². The first kappa shape index (κ1) is 21.1. The molecule has 6 heteroatoms. The van der Waals surface area contributed by atoms with Crippen molar-refractivity contribution in [2.45, 2.75) is 13.8 Å². The van der Waals surface area contributed by atoms with E-state index in [1.165, 1.54) is 10.8 Å². The topological polar surface area (TPSA) is 30.7 Å². The van der Waals surface area contributed by atoms with E-state index in [4.69, 9.17) is 17.0 Å². The van der Waals surface area contributed by atoms with Gasteiger partial charge in [-0.05, 0) is 17.8 Å². The molecule has 3 aromatic carbocycles. The molecule has 0 fully saturated rings. The normalized spacial score (nSPS) is 13.6. The van der Waals surface area contributed by atoms with Crippen LogP contribution in [0.1, 0.15) is 13.8 Å². The van der Waals surface area contributed by atoms with E-state index in [0.29, 0.717) is 0 Å². The van der Waals surface area contributed by atoms with Gasteiger partial charge in [0.15, 0.2) is 0 Å². The number of benzene rings is 2. The van der Waals surface area contributed by atoms with Crippen LogP contribution < -0.4 is 0 Å². The summed E-state index contributed by atoms with van der Waals surface area (Å²) in [5, 5.41) is 11.4. The second-order valence-electron chi connectivity index (χ2n) is 6.78. The van der Waals surface area contributed by atoms with Crippen LogP contribution in [-0.4, -0.2) is 15.0 Å². The standard InChI is InChI=1S/C15H10N3.C7H9.2ClH.Zr/c1-2-6-12-10-13(9-11(12)5-1)18-16-14-7-3-4-8-15(14)17-18;1-7(2)5-3-4-6-7;;;/h1-10H;3-5H,1-2H3;2*1H;/q2*-1;;;+4/p-2. The number of nitrogens with zero attached hydrogens (tertiary/aromatic N) is 3. The number of hydrogen-bond acceptors (Lipinski definition) is 2. The second kappa shape index (κ2) is 9.74. The molecule has 1 aromatic heterocycles. The van der Waals surface area contributed by atoms with E-state index in [-0.39, 0.29) is 5.41 Å². The zero-order valence-corrected chi connectivity index (χ0v) is 19.6. The van der Waals surface area contributed by atoms with Crippen LogP contribution >= 0.6 is 17.0 Å². The molecule has 0 spiro atoms. The van der Waals surface area contributed by atoms with E-state index in [1.807, 2.05) is 48.6 Å². The number of allylic oxidation sites excluding steroid dienone is 4. The molecule has 1 heterocycles. The Morgan fingerprint density at radius 3 is 2.11 bits per heavy atom. The average molecular weight is 488 g/mol. The number of fused-ring (bicyclic) bond motifs is 2. The SMILES string of the molecule is CC1(C)[C-]=CC=C1.[Cl][Zr+2][Cl].c1ccc2[cH-]c(-n3nc4ccccc4n3)cc2c1. The van der Waals surface area contributed by atoms with Crippen LogP contribution in [0, 0.1) is 11.5 Å². The maximum absolute atomic E-state index is 4.93. The minimum Gasteiger partial charge on any atom is -0.170 e. The Labute approximate surface area is 183 Å². The molecule has 0 amide bonds. The molecular weight excluding hydrogens is 468 g/mol. The fourth-order valence-corrected chi connectivity index (χ4v) is 2.82. The predicted molar refractivity (Wildman–Crippen MR) is 114 cm³/mol. The summed E-state index contributed by atoms with van der Waals surface area (Å²) in [4.78, 5) is 1.70. The quantitative estimate of drug-likeness (QED) is 0.283. The Bertz CT molecular complexity index is 957. The van der Waals surface area contributed by atoms with Crippen molar-refractivity contribution in [1.29, 1.82) is 0 Å². The van der Waals surface area contributed by atoms with Crippen LogP contribution in [0.5, 0.6) is 0 Å². The van der Waals surface area contributed by atoms with E-state index < -0.39 is 20.8 Å². The van der Waals surface area contributed by atoms with Gasteiger partial charge in [-0.2, -0.15) is 10.9 Å². The summed E-state index contributed by atoms with van der Waals surface area (Å²) < 4.78 is 0. The van der Waals surface area contributed by atoms with Crippen LogP contribution in [0.4, 0.5) is 0 Å². The van der Waals surface area contributed by atoms with Gasteiger partial charge in [0.2, 0.25) is 0 Å². The molecule has 3 nitrogen and oxygen atoms in total. The van der Waals surface area contributed by atoms with Gasteiger partial charge in [0.25, 0.3) is 0 Å². The Hall–Kier alpha value is -1.61. The average Bonchev–Trinajstić information content (AvgIpc) is 3.39. The molecule has 0 N–H and O–H groups in total. The smallest absolute Gasteiger partial charge is 0.113 e. The molecule has 0 saturated carbocycles. The Balaban J connectivity index is 0.000000188. The van der Waals surface area contributed by atoms with E-state index in [2.05, 4.69) is 60.5 Å². The third-order valence-corrected chi connectivity index (χ3v) is 4.18. The minimum absolute atomic E-state index is 0.208. The van der Waals surface area contributed by atoms with Gasteiger partial charge in [-0.15, -0.1) is 51.3 Å². The van der Waals surface area contributed by atoms with E-state index in [9.17, 15) is 0 Å². The maximum Gasteiger partial charge on any atom is 0.113 e. The fourth-order valence-electron chi connectivity index (χ4n) is 2.82. The Morgan fingerprint density at radius 2 is 1.61 bits per heavy atom. The first-order valence-electron chi connectivity index (χ1n) is 8.75. The largest absolute Gasteiger partial charge is 0.170 e. The first-order chi connectivity index (χ1) is 13.5. The summed E-state index contributed by atoms with van der Waals surface area (Å²) in [6.07, 6.45) is 9.28. The third kappa shape index (κ3) is 5.47. The van der Waals surface area contributed by atoms with Gasteiger partial charge in [0.1, 0.15) is 11.0 Å². The molecular formula is C22H19Cl2N3Zr. The first-order valence-corrected chi connectivity index (χ1v) is 15.1. The molecule has 1 aliphatic rings. The molecule has 4 aromatic rings. The molecule has 0 radical (unpaired) electrons. The van der Waals surface area contributed by atoms with Gasteiger partial charge in [-0.1, -0.05) is 37.5 Å². The van der Waals surface area contributed by atoms with E-state index >= 15 is 0 Å². The van der Waals surface area contributed by atoms with Crippen molar-refractivity contribution in [2.24, 2.45) is 5.41 Å². The molecule has 140 valence electrons. The number of rotatable bonds is 1. The van der Waals surface area contributed by atoms with Crippen molar-refractivity contribution in [3.63, 3.8) is 0 Å². The monoisotopic (exact) mass is 485 g/mol. The summed E-state index contributed by atoms with van der Waals surface area (Å²) in [6.45, 7) is 4.26. The van der Waals surface area contributed by atoms with Gasteiger partial charge in [0, 0.05) is 0 Å². The number of hydrogen-bond donors (Lipinski definition) is 0. The summed E-state index contributed by atoms with van der Waals surface area (Å²) in [5.41, 5.74) is 3.05. The summed E-state index contributed by atoms with van der Waals surface area (Å²) in [6, 6.07) is 20.4. The van der Waals surface area contributed by atoms with Crippen LogP contribution in [-0.2, 0) is 20.8 Å². The van der Waals surface area contributed by atoms with Gasteiger partial charge < -0.3 is 0 Å². The molecule has 0 unspecified atom stereocenters. The minimum atomic E-state index is -0.826. The van der Waals surface area contributed by atoms with Crippen LogP contribution in [0.2, 0.25) is 0 Å². The molecule has 0 atom stereocenters. The second-order valence-corrected chi connectivity index (χ2v) is 10.5. The summed E-state index contributed by atoms with van der Waals surface area (Å²) in [5.74, 6) is 0. The Morgan fingerprint density at radius 1 is 1.00 bits per heavy atom. The molecule has 28 heavy (non-hydrogen) atoms. The van der Waals surface area contributed by atoms with Gasteiger partial charge in [0.05, 0.1) is 0 Å². The van der Waals surface area contributed by atoms with Crippen molar-refractivity contribution in [3.8, 4) is 5.69 Å². The van der Waals surface area contributed by atoms with Crippen molar-refractivity contribution in [3.05, 3.63) is 85.0 Å². The third-order valence-electron chi connectivity index (χ3n) is 4.18. The zero-order chi connectivity index (χ0) is 20.0. The van der Waals surface area contributed by atoms with Crippen LogP contribution in [0.25, 0.3) is 27.5 Å². The van der Waals surface area contributed by atoms with Crippen molar-refractivity contribution in [1.82, 2.24) is 15.0 Å². The maximum atomic E-state index is 4.93. The van der Waals surface area contributed by atoms with Crippen molar-refractivity contribution >= 4 is 38.8 Å². The van der Waals surface area contributed by atoms with Crippen LogP contribution in [0.15, 0.2) is 78.9 Å². The van der Waals surface area contributed by atoms with E-state index in [0.717, 1.165) is 16.7 Å². The van der Waals surface area contributed by atoms with Gasteiger partial charge >= 0.3 is 37.9 Å². The van der Waals surface area contributed by atoms with E-state index in [1.54, 1.807) is 4.80 Å². The zero-order valence-electron chi connectivity index (χ0n) is 15.6. The molecule has 0 saturated heterocycles. The predicted octanol–water partition coefficient (Wildman–Crippen LogP) is 6.61. The fraction of sp³-hybridized carbons (Fsp3) is 0.136. The molecule has 0 bridgehead atoms. The van der Waals surface area contributed by atoms with Gasteiger partial charge in [-0.3, -0.25) is 6.08 Å². The molecule has 5 rings (SSSR count). The molecule has 0 aliphatic heterocycles. The molecule has 1 aliphatic carbocycles.